The van der Waals surface area contributed by atoms with Crippen LogP contribution in [0, 0.1) is 5.92 Å². The average molecular weight is 390 g/mol. The van der Waals surface area contributed by atoms with Gasteiger partial charge in [0.05, 0.1) is 5.69 Å². The van der Waals surface area contributed by atoms with Gasteiger partial charge in [-0.25, -0.2) is 4.79 Å². The number of halogens is 2. The van der Waals surface area contributed by atoms with Gasteiger partial charge in [0.25, 0.3) is 0 Å². The molecule has 26 heavy (non-hydrogen) atoms. The van der Waals surface area contributed by atoms with Crippen molar-refractivity contribution in [2.75, 3.05) is 5.32 Å². The zero-order chi connectivity index (χ0) is 18.3. The van der Waals surface area contributed by atoms with Gasteiger partial charge in [-0.05, 0) is 48.2 Å². The third-order valence-electron chi connectivity index (χ3n) is 4.36. The van der Waals surface area contributed by atoms with Gasteiger partial charge in [-0.2, -0.15) is 0 Å². The van der Waals surface area contributed by atoms with Crippen LogP contribution in [0.1, 0.15) is 17.9 Å². The lowest BCUT2D eigenvalue weighted by atomic mass is 10.1. The van der Waals surface area contributed by atoms with E-state index in [1.807, 2.05) is 24.3 Å². The standard InChI is InChI=1S/C18H13Cl2N3O3/c19-10-3-1-9(2-4-10)13-8-14(13)17(24)21-15-7-11(20)5-6-12(15)16-22-18(25)26-23-16/h1-7,13-14H,8H2,(H,21,24)(H,22,23,25)/t13-,14+/m1/s1. The summed E-state index contributed by atoms with van der Waals surface area (Å²) in [5.41, 5.74) is 2.08. The summed E-state index contributed by atoms with van der Waals surface area (Å²) in [7, 11) is 0. The van der Waals surface area contributed by atoms with Gasteiger partial charge in [-0.3, -0.25) is 14.3 Å². The number of aromatic nitrogens is 2. The zero-order valence-corrected chi connectivity index (χ0v) is 14.8. The van der Waals surface area contributed by atoms with Gasteiger partial charge < -0.3 is 5.32 Å². The van der Waals surface area contributed by atoms with Crippen LogP contribution in [0.3, 0.4) is 0 Å². The predicted octanol–water partition coefficient (Wildman–Crippen LogP) is 4.08. The Balaban J connectivity index is 1.54. The average Bonchev–Trinajstić information content (AvgIpc) is 3.30. The molecule has 2 aromatic carbocycles. The summed E-state index contributed by atoms with van der Waals surface area (Å²) >= 11 is 12.0. The molecule has 2 atom stereocenters. The van der Waals surface area contributed by atoms with Crippen molar-refractivity contribution in [3.05, 3.63) is 68.6 Å². The smallest absolute Gasteiger partial charge is 0.325 e. The van der Waals surface area contributed by atoms with E-state index in [9.17, 15) is 9.59 Å². The summed E-state index contributed by atoms with van der Waals surface area (Å²) < 4.78 is 4.54. The Morgan fingerprint density at radius 3 is 2.58 bits per heavy atom. The second-order valence-corrected chi connectivity index (χ2v) is 7.00. The van der Waals surface area contributed by atoms with E-state index >= 15 is 0 Å². The molecule has 1 aliphatic carbocycles. The number of aromatic amines is 1. The summed E-state index contributed by atoms with van der Waals surface area (Å²) in [5.74, 6) is -0.510. The monoisotopic (exact) mass is 389 g/mol. The molecule has 8 heteroatoms. The summed E-state index contributed by atoms with van der Waals surface area (Å²) in [6, 6.07) is 12.4. The van der Waals surface area contributed by atoms with Crippen molar-refractivity contribution in [1.29, 1.82) is 0 Å². The highest BCUT2D eigenvalue weighted by Gasteiger charge is 2.44. The zero-order valence-electron chi connectivity index (χ0n) is 13.3. The lowest BCUT2D eigenvalue weighted by molar-refractivity contribution is -0.117. The summed E-state index contributed by atoms with van der Waals surface area (Å²) in [4.78, 5) is 26.3. The second-order valence-electron chi connectivity index (χ2n) is 6.12. The van der Waals surface area contributed by atoms with E-state index in [4.69, 9.17) is 23.2 Å². The van der Waals surface area contributed by atoms with Crippen LogP contribution in [-0.4, -0.2) is 16.0 Å². The van der Waals surface area contributed by atoms with Crippen LogP contribution in [-0.2, 0) is 4.79 Å². The molecular weight excluding hydrogens is 377 g/mol. The Bertz CT molecular complexity index is 1030. The van der Waals surface area contributed by atoms with Crippen LogP contribution in [0.2, 0.25) is 10.0 Å². The maximum Gasteiger partial charge on any atom is 0.439 e. The molecule has 0 saturated heterocycles. The maximum atomic E-state index is 12.6. The third-order valence-corrected chi connectivity index (χ3v) is 4.85. The van der Waals surface area contributed by atoms with Crippen molar-refractivity contribution in [2.24, 2.45) is 5.92 Å². The summed E-state index contributed by atoms with van der Waals surface area (Å²) in [5, 5.41) is 7.67. The van der Waals surface area contributed by atoms with E-state index < -0.39 is 5.76 Å². The largest absolute Gasteiger partial charge is 0.439 e. The van der Waals surface area contributed by atoms with Crippen molar-refractivity contribution in [1.82, 2.24) is 10.1 Å². The van der Waals surface area contributed by atoms with Gasteiger partial charge in [0.2, 0.25) is 5.91 Å². The number of hydrogen-bond acceptors (Lipinski definition) is 4. The molecule has 2 N–H and O–H groups in total. The van der Waals surface area contributed by atoms with Gasteiger partial charge in [0.15, 0.2) is 5.82 Å². The number of carbonyl (C=O) groups is 1. The lowest BCUT2D eigenvalue weighted by Gasteiger charge is -2.10. The van der Waals surface area contributed by atoms with Crippen molar-refractivity contribution in [2.45, 2.75) is 12.3 Å². The van der Waals surface area contributed by atoms with Gasteiger partial charge in [0, 0.05) is 21.5 Å². The van der Waals surface area contributed by atoms with Gasteiger partial charge in [-0.1, -0.05) is 40.5 Å². The normalized spacial score (nSPS) is 18.5. The van der Waals surface area contributed by atoms with E-state index in [0.29, 0.717) is 21.3 Å². The highest BCUT2D eigenvalue weighted by molar-refractivity contribution is 6.31. The molecule has 0 bridgehead atoms. The van der Waals surface area contributed by atoms with Crippen molar-refractivity contribution >= 4 is 34.8 Å². The number of carbonyl (C=O) groups excluding carboxylic acids is 1. The quantitative estimate of drug-likeness (QED) is 0.703. The SMILES string of the molecule is O=C(Nc1cc(Cl)ccc1-c1noc(=O)[nH]1)[C@H]1C[C@@H]1c1ccc(Cl)cc1. The number of nitrogens with one attached hydrogen (secondary N) is 2. The first kappa shape index (κ1) is 16.9. The van der Waals surface area contributed by atoms with E-state index in [1.165, 1.54) is 0 Å². The molecule has 1 aliphatic rings. The molecule has 1 fully saturated rings. The fraction of sp³-hybridized carbons (Fsp3) is 0.167. The Labute approximate surface area is 158 Å². The Morgan fingerprint density at radius 2 is 1.88 bits per heavy atom. The van der Waals surface area contributed by atoms with E-state index in [0.717, 1.165) is 12.0 Å². The number of hydrogen-bond donors (Lipinski definition) is 2. The first-order valence-corrected chi connectivity index (χ1v) is 8.69. The molecular formula is C18H13Cl2N3O3. The molecule has 0 radical (unpaired) electrons. The Hall–Kier alpha value is -2.57. The molecule has 0 unspecified atom stereocenters. The number of nitrogens with zero attached hydrogens (tertiary/aromatic N) is 1. The third kappa shape index (κ3) is 3.38. The van der Waals surface area contributed by atoms with Crippen LogP contribution in [0.4, 0.5) is 5.69 Å². The predicted molar refractivity (Wildman–Crippen MR) is 98.5 cm³/mol. The van der Waals surface area contributed by atoms with Crippen molar-refractivity contribution in [3.63, 3.8) is 0 Å². The minimum Gasteiger partial charge on any atom is -0.325 e. The molecule has 3 aromatic rings. The van der Waals surface area contributed by atoms with Gasteiger partial charge in [0.1, 0.15) is 0 Å². The highest BCUT2D eigenvalue weighted by atomic mass is 35.5. The number of rotatable bonds is 4. The molecule has 132 valence electrons. The van der Waals surface area contributed by atoms with Crippen molar-refractivity contribution < 1.29 is 9.32 Å². The Kier molecular flexibility index (Phi) is 4.30. The van der Waals surface area contributed by atoms with E-state index in [2.05, 4.69) is 20.0 Å². The number of anilines is 1. The van der Waals surface area contributed by atoms with Gasteiger partial charge in [-0.15, -0.1) is 0 Å². The molecule has 1 aromatic heterocycles. The Morgan fingerprint density at radius 1 is 1.15 bits per heavy atom. The lowest BCUT2D eigenvalue weighted by Crippen LogP contribution is -2.15. The van der Waals surface area contributed by atoms with E-state index in [-0.39, 0.29) is 23.6 Å². The first-order chi connectivity index (χ1) is 12.5. The van der Waals surface area contributed by atoms with Crippen molar-refractivity contribution in [3.8, 4) is 11.4 Å². The van der Waals surface area contributed by atoms with E-state index in [1.54, 1.807) is 18.2 Å². The van der Waals surface area contributed by atoms with Crippen LogP contribution < -0.4 is 11.1 Å². The fourth-order valence-electron chi connectivity index (χ4n) is 2.96. The summed E-state index contributed by atoms with van der Waals surface area (Å²) in [6.07, 6.45) is 0.768. The minimum absolute atomic E-state index is 0.112. The van der Waals surface area contributed by atoms with Crippen LogP contribution in [0.25, 0.3) is 11.4 Å². The van der Waals surface area contributed by atoms with Crippen LogP contribution >= 0.6 is 23.2 Å². The molecule has 6 nitrogen and oxygen atoms in total. The fourth-order valence-corrected chi connectivity index (χ4v) is 3.26. The maximum absolute atomic E-state index is 12.6. The molecule has 0 spiro atoms. The van der Waals surface area contributed by atoms with Crippen LogP contribution in [0.15, 0.2) is 51.8 Å². The van der Waals surface area contributed by atoms with Crippen LogP contribution in [0.5, 0.6) is 0 Å². The molecule has 4 rings (SSSR count). The first-order valence-electron chi connectivity index (χ1n) is 7.93. The number of benzene rings is 2. The number of amides is 1. The molecule has 1 heterocycles. The number of H-pyrrole nitrogens is 1. The minimum atomic E-state index is -0.669. The topological polar surface area (TPSA) is 88.0 Å². The molecule has 1 amide bonds. The molecule has 1 saturated carbocycles. The van der Waals surface area contributed by atoms with Gasteiger partial charge >= 0.3 is 5.76 Å². The highest BCUT2D eigenvalue weighted by Crippen LogP contribution is 2.48. The molecule has 0 aliphatic heterocycles. The summed E-state index contributed by atoms with van der Waals surface area (Å²) in [6.45, 7) is 0. The second kappa shape index (κ2) is 6.63.